The van der Waals surface area contributed by atoms with Crippen LogP contribution in [0, 0.1) is 0 Å². The van der Waals surface area contributed by atoms with Crippen molar-refractivity contribution in [1.29, 1.82) is 0 Å². The summed E-state index contributed by atoms with van der Waals surface area (Å²) in [6.45, 7) is 5.06. The molecule has 0 aliphatic heterocycles. The zero-order valence-corrected chi connectivity index (χ0v) is 12.7. The first-order chi connectivity index (χ1) is 10.2. The molecule has 1 atom stereocenters. The van der Waals surface area contributed by atoms with Crippen LogP contribution in [0.2, 0.25) is 0 Å². The molecule has 1 unspecified atom stereocenters. The van der Waals surface area contributed by atoms with Crippen LogP contribution in [0.15, 0.2) is 42.7 Å². The van der Waals surface area contributed by atoms with Gasteiger partial charge in [0.1, 0.15) is 6.10 Å². The van der Waals surface area contributed by atoms with Crippen LogP contribution >= 0.6 is 0 Å². The summed E-state index contributed by atoms with van der Waals surface area (Å²) >= 11 is 0. The third-order valence-electron chi connectivity index (χ3n) is 3.73. The third kappa shape index (κ3) is 3.85. The molecule has 1 heterocycles. The van der Waals surface area contributed by atoms with Crippen molar-refractivity contribution < 1.29 is 4.74 Å². The lowest BCUT2D eigenvalue weighted by molar-refractivity contribution is 0.200. The maximum absolute atomic E-state index is 6.16. The molecule has 0 saturated heterocycles. The second-order valence-corrected chi connectivity index (χ2v) is 5.95. The standard InChI is InChI=1S/C17H23N3O/c1-13(2)20-12-16(10-19-20)21-17(11-18-15-8-9-15)14-6-4-3-5-7-14/h3-7,10,12-13,15,17-18H,8-9,11H2,1-2H3. The molecule has 1 aliphatic rings. The SMILES string of the molecule is CC(C)n1cc(OC(CNC2CC2)c2ccccc2)cn1. The van der Waals surface area contributed by atoms with Crippen molar-refractivity contribution in [3.63, 3.8) is 0 Å². The monoisotopic (exact) mass is 285 g/mol. The molecule has 3 rings (SSSR count). The van der Waals surface area contributed by atoms with E-state index >= 15 is 0 Å². The Morgan fingerprint density at radius 3 is 2.67 bits per heavy atom. The molecule has 1 aromatic carbocycles. The molecular weight excluding hydrogens is 262 g/mol. The number of nitrogens with one attached hydrogen (secondary N) is 1. The van der Waals surface area contributed by atoms with Gasteiger partial charge in [0.05, 0.1) is 12.4 Å². The molecule has 1 aliphatic carbocycles. The minimum atomic E-state index is 0.0246. The van der Waals surface area contributed by atoms with Crippen LogP contribution in [-0.4, -0.2) is 22.4 Å². The summed E-state index contributed by atoms with van der Waals surface area (Å²) in [7, 11) is 0. The number of benzene rings is 1. The maximum Gasteiger partial charge on any atom is 0.158 e. The van der Waals surface area contributed by atoms with E-state index in [1.54, 1.807) is 6.20 Å². The molecule has 1 fully saturated rings. The van der Waals surface area contributed by atoms with Gasteiger partial charge in [-0.05, 0) is 32.3 Å². The highest BCUT2D eigenvalue weighted by atomic mass is 16.5. The minimum absolute atomic E-state index is 0.0246. The molecule has 112 valence electrons. The number of nitrogens with zero attached hydrogens (tertiary/aromatic N) is 2. The van der Waals surface area contributed by atoms with Gasteiger partial charge in [-0.25, -0.2) is 0 Å². The fourth-order valence-corrected chi connectivity index (χ4v) is 2.28. The van der Waals surface area contributed by atoms with Gasteiger partial charge in [-0.3, -0.25) is 4.68 Å². The van der Waals surface area contributed by atoms with Crippen molar-refractivity contribution in [3.8, 4) is 5.75 Å². The van der Waals surface area contributed by atoms with E-state index in [9.17, 15) is 0 Å². The molecule has 4 heteroatoms. The number of hydrogen-bond donors (Lipinski definition) is 1. The second kappa shape index (κ2) is 6.31. The normalized spacial score (nSPS) is 16.1. The van der Waals surface area contributed by atoms with Gasteiger partial charge in [0.2, 0.25) is 0 Å². The summed E-state index contributed by atoms with van der Waals surface area (Å²) in [6, 6.07) is 11.4. The number of rotatable bonds is 7. The Bertz CT molecular complexity index is 560. The molecule has 0 bridgehead atoms. The molecular formula is C17H23N3O. The Hall–Kier alpha value is -1.81. The summed E-state index contributed by atoms with van der Waals surface area (Å²) < 4.78 is 8.09. The highest BCUT2D eigenvalue weighted by Crippen LogP contribution is 2.24. The topological polar surface area (TPSA) is 39.1 Å². The summed E-state index contributed by atoms with van der Waals surface area (Å²) in [6.07, 6.45) is 6.36. The highest BCUT2D eigenvalue weighted by molar-refractivity contribution is 5.21. The van der Waals surface area contributed by atoms with Crippen molar-refractivity contribution in [2.75, 3.05) is 6.54 Å². The smallest absolute Gasteiger partial charge is 0.158 e. The molecule has 1 saturated carbocycles. The Balaban J connectivity index is 1.70. The third-order valence-corrected chi connectivity index (χ3v) is 3.73. The van der Waals surface area contributed by atoms with Crippen LogP contribution in [0.3, 0.4) is 0 Å². The Morgan fingerprint density at radius 2 is 2.05 bits per heavy atom. The molecule has 0 spiro atoms. The van der Waals surface area contributed by atoms with Crippen LogP contribution in [0.1, 0.15) is 44.4 Å². The number of hydrogen-bond acceptors (Lipinski definition) is 3. The van der Waals surface area contributed by atoms with E-state index < -0.39 is 0 Å². The Labute approximate surface area is 126 Å². The van der Waals surface area contributed by atoms with Gasteiger partial charge in [0.15, 0.2) is 5.75 Å². The Kier molecular flexibility index (Phi) is 4.25. The van der Waals surface area contributed by atoms with Gasteiger partial charge in [-0.2, -0.15) is 5.10 Å². The van der Waals surface area contributed by atoms with E-state index in [1.165, 1.54) is 18.4 Å². The lowest BCUT2D eigenvalue weighted by Gasteiger charge is -2.19. The number of ether oxygens (including phenoxy) is 1. The predicted molar refractivity (Wildman–Crippen MR) is 83.4 cm³/mol. The fourth-order valence-electron chi connectivity index (χ4n) is 2.28. The van der Waals surface area contributed by atoms with Gasteiger partial charge in [-0.15, -0.1) is 0 Å². The predicted octanol–water partition coefficient (Wildman–Crippen LogP) is 3.34. The molecule has 21 heavy (non-hydrogen) atoms. The fraction of sp³-hybridized carbons (Fsp3) is 0.471. The lowest BCUT2D eigenvalue weighted by Crippen LogP contribution is -2.26. The average Bonchev–Trinajstić information content (AvgIpc) is 3.20. The van der Waals surface area contributed by atoms with Gasteiger partial charge in [0, 0.05) is 18.6 Å². The first-order valence-electron chi connectivity index (χ1n) is 7.71. The van der Waals surface area contributed by atoms with E-state index in [4.69, 9.17) is 4.74 Å². The highest BCUT2D eigenvalue weighted by Gasteiger charge is 2.23. The van der Waals surface area contributed by atoms with Crippen molar-refractivity contribution >= 4 is 0 Å². The largest absolute Gasteiger partial charge is 0.481 e. The number of aromatic nitrogens is 2. The summed E-state index contributed by atoms with van der Waals surface area (Å²) in [5.41, 5.74) is 1.20. The van der Waals surface area contributed by atoms with Crippen molar-refractivity contribution in [1.82, 2.24) is 15.1 Å². The van der Waals surface area contributed by atoms with Crippen LogP contribution in [0.25, 0.3) is 0 Å². The van der Waals surface area contributed by atoms with Gasteiger partial charge < -0.3 is 10.1 Å². The maximum atomic E-state index is 6.16. The zero-order valence-electron chi connectivity index (χ0n) is 12.7. The molecule has 4 nitrogen and oxygen atoms in total. The summed E-state index contributed by atoms with van der Waals surface area (Å²) in [4.78, 5) is 0. The minimum Gasteiger partial charge on any atom is -0.481 e. The van der Waals surface area contributed by atoms with E-state index in [0.717, 1.165) is 12.3 Å². The van der Waals surface area contributed by atoms with Crippen molar-refractivity contribution in [3.05, 3.63) is 48.3 Å². The quantitative estimate of drug-likeness (QED) is 0.848. The van der Waals surface area contributed by atoms with Crippen molar-refractivity contribution in [2.24, 2.45) is 0 Å². The Morgan fingerprint density at radius 1 is 1.29 bits per heavy atom. The van der Waals surface area contributed by atoms with Crippen molar-refractivity contribution in [2.45, 2.75) is 44.9 Å². The lowest BCUT2D eigenvalue weighted by atomic mass is 10.1. The van der Waals surface area contributed by atoms with Gasteiger partial charge in [0.25, 0.3) is 0 Å². The second-order valence-electron chi connectivity index (χ2n) is 5.95. The summed E-state index contributed by atoms with van der Waals surface area (Å²) in [5, 5.41) is 7.89. The van der Waals surface area contributed by atoms with E-state index in [0.29, 0.717) is 12.1 Å². The van der Waals surface area contributed by atoms with Gasteiger partial charge in [-0.1, -0.05) is 30.3 Å². The summed E-state index contributed by atoms with van der Waals surface area (Å²) in [5.74, 6) is 0.829. The van der Waals surface area contributed by atoms with E-state index in [1.807, 2.05) is 16.9 Å². The molecule has 1 N–H and O–H groups in total. The molecule has 0 radical (unpaired) electrons. The van der Waals surface area contributed by atoms with Gasteiger partial charge >= 0.3 is 0 Å². The van der Waals surface area contributed by atoms with Crippen LogP contribution in [-0.2, 0) is 0 Å². The molecule has 2 aromatic rings. The average molecular weight is 285 g/mol. The van der Waals surface area contributed by atoms with Crippen LogP contribution < -0.4 is 10.1 Å². The van der Waals surface area contributed by atoms with E-state index in [2.05, 4.69) is 48.5 Å². The van der Waals surface area contributed by atoms with Crippen LogP contribution in [0.5, 0.6) is 5.75 Å². The first-order valence-corrected chi connectivity index (χ1v) is 7.71. The van der Waals surface area contributed by atoms with E-state index in [-0.39, 0.29) is 6.10 Å². The molecule has 1 aromatic heterocycles. The van der Waals surface area contributed by atoms with Crippen LogP contribution in [0.4, 0.5) is 0 Å². The zero-order chi connectivity index (χ0) is 14.7. The first kappa shape index (κ1) is 14.1. The molecule has 0 amide bonds.